The molecule has 0 aromatic heterocycles. The molecule has 0 aliphatic carbocycles. The van der Waals surface area contributed by atoms with Crippen LogP contribution in [0.3, 0.4) is 0 Å². The van der Waals surface area contributed by atoms with Crippen LogP contribution in [0.15, 0.2) is 68.9 Å². The molecule has 0 saturated carbocycles. The summed E-state index contributed by atoms with van der Waals surface area (Å²) in [6.45, 7) is 0. The van der Waals surface area contributed by atoms with Crippen molar-refractivity contribution in [1.82, 2.24) is 0 Å². The molecule has 3 nitrogen and oxygen atoms in total. The van der Waals surface area contributed by atoms with Gasteiger partial charge in [-0.25, -0.2) is 0 Å². The monoisotopic (exact) mass is 327 g/mol. The van der Waals surface area contributed by atoms with Gasteiger partial charge in [-0.3, -0.25) is 0 Å². The fourth-order valence-electron chi connectivity index (χ4n) is 1.44. The van der Waals surface area contributed by atoms with Crippen LogP contribution in [0.1, 0.15) is 0 Å². The first-order valence-electron chi connectivity index (χ1n) is 5.34. The van der Waals surface area contributed by atoms with Crippen molar-refractivity contribution in [3.8, 4) is 0 Å². The molecule has 0 N–H and O–H groups in total. The first kappa shape index (κ1) is 13.1. The molecule has 0 saturated heterocycles. The topological polar surface area (TPSA) is 46.5 Å². The molecule has 0 aliphatic heterocycles. The van der Waals surface area contributed by atoms with Gasteiger partial charge in [0, 0.05) is 0 Å². The van der Waals surface area contributed by atoms with Gasteiger partial charge in [0.25, 0.3) is 0 Å². The van der Waals surface area contributed by atoms with Gasteiger partial charge in [-0.15, -0.1) is 0 Å². The average molecular weight is 326 g/mol. The van der Waals surface area contributed by atoms with Crippen LogP contribution < -0.4 is 4.46 Å². The fraction of sp³-hybridized carbons (Fsp3) is 0.0769. The Morgan fingerprint density at radius 3 is 1.94 bits per heavy atom. The third kappa shape index (κ3) is 3.13. The van der Waals surface area contributed by atoms with Crippen LogP contribution in [0.25, 0.3) is 0 Å². The molecule has 18 heavy (non-hydrogen) atoms. The molecule has 0 fully saturated rings. The van der Waals surface area contributed by atoms with Crippen LogP contribution in [-0.4, -0.2) is 22.1 Å². The molecular formula is C13H13NO2SSe. The Labute approximate surface area is 111 Å². The zero-order valence-electron chi connectivity index (χ0n) is 9.85. The minimum absolute atomic E-state index is 0.261. The Balaban J connectivity index is 2.39. The summed E-state index contributed by atoms with van der Waals surface area (Å²) in [6.07, 6.45) is 0. The van der Waals surface area contributed by atoms with Crippen molar-refractivity contribution in [2.24, 2.45) is 3.37 Å². The summed E-state index contributed by atoms with van der Waals surface area (Å²) in [5.41, 5.74) is 0. The number of hydrogen-bond acceptors (Lipinski definition) is 2. The normalized spacial score (nSPS) is 13.4. The predicted molar refractivity (Wildman–Crippen MR) is 73.7 cm³/mol. The van der Waals surface area contributed by atoms with Crippen molar-refractivity contribution in [3.05, 3.63) is 60.7 Å². The Kier molecular flexibility index (Phi) is 4.07. The predicted octanol–water partition coefficient (Wildman–Crippen LogP) is 2.17. The van der Waals surface area contributed by atoms with Gasteiger partial charge in [-0.1, -0.05) is 0 Å². The summed E-state index contributed by atoms with van der Waals surface area (Å²) in [4.78, 5) is 0.261. The summed E-state index contributed by atoms with van der Waals surface area (Å²) in [6, 6.07) is 17.9. The summed E-state index contributed by atoms with van der Waals surface area (Å²) in [5.74, 6) is 1.90. The van der Waals surface area contributed by atoms with E-state index in [1.807, 2.05) is 36.2 Å². The van der Waals surface area contributed by atoms with Gasteiger partial charge < -0.3 is 0 Å². The van der Waals surface area contributed by atoms with Crippen molar-refractivity contribution >= 4 is 28.2 Å². The Morgan fingerprint density at radius 1 is 0.889 bits per heavy atom. The van der Waals surface area contributed by atoms with Gasteiger partial charge in [0.1, 0.15) is 0 Å². The minimum atomic E-state index is -3.53. The van der Waals surface area contributed by atoms with Crippen molar-refractivity contribution in [3.63, 3.8) is 0 Å². The average Bonchev–Trinajstić information content (AvgIpc) is 2.40. The van der Waals surface area contributed by atoms with Crippen molar-refractivity contribution in [2.45, 2.75) is 10.7 Å². The van der Waals surface area contributed by atoms with Crippen LogP contribution in [-0.2, 0) is 10.0 Å². The van der Waals surface area contributed by atoms with Crippen LogP contribution >= 0.6 is 0 Å². The van der Waals surface area contributed by atoms with Gasteiger partial charge in [0.15, 0.2) is 0 Å². The van der Waals surface area contributed by atoms with Crippen LogP contribution in [0.5, 0.6) is 0 Å². The second-order valence-electron chi connectivity index (χ2n) is 3.65. The second-order valence-corrected chi connectivity index (χ2v) is 9.16. The van der Waals surface area contributed by atoms with E-state index in [-0.39, 0.29) is 4.90 Å². The number of benzene rings is 2. The molecule has 5 heteroatoms. The third-order valence-corrected chi connectivity index (χ3v) is 8.27. The van der Waals surface area contributed by atoms with E-state index >= 15 is 0 Å². The van der Waals surface area contributed by atoms with Crippen molar-refractivity contribution in [2.75, 3.05) is 0 Å². The number of rotatable bonds is 3. The van der Waals surface area contributed by atoms with Crippen LogP contribution in [0.4, 0.5) is 0 Å². The standard InChI is InChI=1S/C13H13NO2SSe/c1-18(13-10-6-3-7-11-13)14-17(15,16)12-8-4-2-5-9-12/h2-11H,1H3. The summed E-state index contributed by atoms with van der Waals surface area (Å²) < 4.78 is 29.2. The molecule has 0 aliphatic rings. The van der Waals surface area contributed by atoms with Crippen molar-refractivity contribution in [1.29, 1.82) is 0 Å². The van der Waals surface area contributed by atoms with E-state index in [2.05, 4.69) is 3.37 Å². The van der Waals surface area contributed by atoms with Gasteiger partial charge in [-0.2, -0.15) is 0 Å². The molecule has 0 amide bonds. The molecule has 2 rings (SSSR count). The van der Waals surface area contributed by atoms with E-state index < -0.39 is 23.7 Å². The van der Waals surface area contributed by atoms with Crippen LogP contribution in [0.2, 0.25) is 5.82 Å². The summed E-state index contributed by atoms with van der Waals surface area (Å²) in [7, 11) is -3.53. The summed E-state index contributed by atoms with van der Waals surface area (Å²) in [5, 5.41) is 0. The summed E-state index contributed by atoms with van der Waals surface area (Å²) >= 11 is -1.67. The molecule has 94 valence electrons. The van der Waals surface area contributed by atoms with Crippen molar-refractivity contribution < 1.29 is 8.42 Å². The molecular weight excluding hydrogens is 313 g/mol. The van der Waals surface area contributed by atoms with Crippen LogP contribution in [0, 0.1) is 0 Å². The van der Waals surface area contributed by atoms with E-state index in [0.29, 0.717) is 0 Å². The van der Waals surface area contributed by atoms with Gasteiger partial charge in [0.2, 0.25) is 0 Å². The van der Waals surface area contributed by atoms with E-state index in [1.165, 1.54) is 0 Å². The number of hydrogen-bond donors (Lipinski definition) is 0. The third-order valence-electron chi connectivity index (χ3n) is 2.34. The maximum atomic E-state index is 12.1. The van der Waals surface area contributed by atoms with E-state index in [1.54, 1.807) is 30.3 Å². The molecule has 2 aromatic carbocycles. The van der Waals surface area contributed by atoms with E-state index in [0.717, 1.165) is 4.46 Å². The molecule has 0 spiro atoms. The molecule has 0 heterocycles. The van der Waals surface area contributed by atoms with E-state index in [9.17, 15) is 8.42 Å². The zero-order valence-corrected chi connectivity index (χ0v) is 12.4. The number of sulfonamides is 1. The van der Waals surface area contributed by atoms with E-state index in [4.69, 9.17) is 0 Å². The van der Waals surface area contributed by atoms with Gasteiger partial charge >= 0.3 is 111 Å². The quantitative estimate of drug-likeness (QED) is 0.812. The Morgan fingerprint density at radius 2 is 1.39 bits per heavy atom. The Bertz CT molecular complexity index is 652. The molecule has 1 atom stereocenters. The second kappa shape index (κ2) is 5.57. The molecule has 1 unspecified atom stereocenters. The first-order valence-corrected chi connectivity index (χ1v) is 10.1. The van der Waals surface area contributed by atoms with Gasteiger partial charge in [0.05, 0.1) is 0 Å². The first-order chi connectivity index (χ1) is 8.59. The Hall–Kier alpha value is -1.29. The van der Waals surface area contributed by atoms with Gasteiger partial charge in [-0.05, 0) is 0 Å². The zero-order chi connectivity index (χ0) is 13.0. The SMILES string of the molecule is C/[Se](=N\S(=O)(=O)c1ccccc1)c1ccccc1. The molecule has 0 radical (unpaired) electrons. The maximum absolute atomic E-state index is 12.1. The fourth-order valence-corrected chi connectivity index (χ4v) is 6.50. The molecule has 0 bridgehead atoms. The number of nitrogens with zero attached hydrogens (tertiary/aromatic N) is 1. The molecule has 2 aromatic rings.